The zero-order valence-corrected chi connectivity index (χ0v) is 13.3. The Labute approximate surface area is 122 Å². The fraction of sp³-hybridized carbons (Fsp3) is 0.615. The molecule has 2 rings (SSSR count). The number of nitrogens with zero attached hydrogens (tertiary/aromatic N) is 1. The van der Waals surface area contributed by atoms with Gasteiger partial charge in [0.05, 0.1) is 10.7 Å². The average Bonchev–Trinajstić information content (AvgIpc) is 2.70. The summed E-state index contributed by atoms with van der Waals surface area (Å²) in [5.41, 5.74) is 6.55. The molecular formula is C13H21N3OS2. The molecule has 0 aliphatic carbocycles. The van der Waals surface area contributed by atoms with Gasteiger partial charge in [0.15, 0.2) is 0 Å². The summed E-state index contributed by atoms with van der Waals surface area (Å²) in [5, 5.41) is 3.91. The van der Waals surface area contributed by atoms with Crippen LogP contribution in [0.15, 0.2) is 6.07 Å². The Kier molecular flexibility index (Phi) is 4.30. The number of carbonyl (C=O) groups is 1. The van der Waals surface area contributed by atoms with Gasteiger partial charge in [-0.15, -0.1) is 11.3 Å². The summed E-state index contributed by atoms with van der Waals surface area (Å²) in [5.74, 6) is 1.04. The van der Waals surface area contributed by atoms with Crippen LogP contribution in [-0.4, -0.2) is 36.0 Å². The van der Waals surface area contributed by atoms with Gasteiger partial charge in [-0.1, -0.05) is 0 Å². The van der Waals surface area contributed by atoms with Crippen molar-refractivity contribution in [2.45, 2.75) is 25.5 Å². The van der Waals surface area contributed by atoms with Crippen molar-refractivity contribution in [3.8, 4) is 0 Å². The van der Waals surface area contributed by atoms with Gasteiger partial charge in [0.1, 0.15) is 4.88 Å². The minimum atomic E-state index is -0.0677. The lowest BCUT2D eigenvalue weighted by Crippen LogP contribution is -2.42. The van der Waals surface area contributed by atoms with E-state index in [9.17, 15) is 4.79 Å². The second-order valence-corrected chi connectivity index (χ2v) is 8.09. The quantitative estimate of drug-likeness (QED) is 0.900. The zero-order valence-electron chi connectivity index (χ0n) is 11.7. The Bertz CT molecular complexity index is 470. The molecule has 1 aromatic rings. The predicted molar refractivity (Wildman–Crippen MR) is 85.5 cm³/mol. The molecule has 0 spiro atoms. The molecule has 1 amide bonds. The molecule has 0 saturated carbocycles. The number of hydrogen-bond donors (Lipinski definition) is 2. The highest BCUT2D eigenvalue weighted by Gasteiger charge is 2.28. The van der Waals surface area contributed by atoms with Crippen LogP contribution >= 0.6 is 23.1 Å². The van der Waals surface area contributed by atoms with Crippen LogP contribution in [0.1, 0.15) is 30.4 Å². The number of rotatable bonds is 3. The Balaban J connectivity index is 2.17. The van der Waals surface area contributed by atoms with E-state index in [4.69, 9.17) is 5.73 Å². The third-order valence-corrected chi connectivity index (χ3v) is 5.54. The Morgan fingerprint density at radius 1 is 1.58 bits per heavy atom. The molecule has 2 heterocycles. The van der Waals surface area contributed by atoms with Crippen LogP contribution in [0.25, 0.3) is 0 Å². The van der Waals surface area contributed by atoms with Gasteiger partial charge in [-0.25, -0.2) is 0 Å². The van der Waals surface area contributed by atoms with E-state index in [2.05, 4.69) is 24.1 Å². The van der Waals surface area contributed by atoms with Crippen molar-refractivity contribution < 1.29 is 4.79 Å². The highest BCUT2D eigenvalue weighted by molar-refractivity contribution is 8.00. The topological polar surface area (TPSA) is 58.4 Å². The molecule has 1 aromatic heterocycles. The Hall–Kier alpha value is -0.880. The maximum atomic E-state index is 11.9. The third kappa shape index (κ3) is 3.36. The first-order valence-electron chi connectivity index (χ1n) is 6.49. The van der Waals surface area contributed by atoms with Crippen LogP contribution in [0.5, 0.6) is 0 Å². The number of nitrogen functional groups attached to an aromatic ring is 1. The Morgan fingerprint density at radius 3 is 2.95 bits per heavy atom. The fourth-order valence-corrected chi connectivity index (χ4v) is 4.30. The molecule has 1 fully saturated rings. The predicted octanol–water partition coefficient (Wildman–Crippen LogP) is 2.41. The molecule has 19 heavy (non-hydrogen) atoms. The highest BCUT2D eigenvalue weighted by atomic mass is 32.2. The number of thiophene rings is 1. The number of thioether (sulfide) groups is 1. The van der Waals surface area contributed by atoms with Crippen molar-refractivity contribution >= 4 is 39.7 Å². The van der Waals surface area contributed by atoms with E-state index in [0.717, 1.165) is 23.8 Å². The second kappa shape index (κ2) is 5.63. The van der Waals surface area contributed by atoms with E-state index in [-0.39, 0.29) is 10.7 Å². The lowest BCUT2D eigenvalue weighted by molar-refractivity contribution is 0.0960. The zero-order chi connectivity index (χ0) is 14.0. The molecule has 106 valence electrons. The summed E-state index contributed by atoms with van der Waals surface area (Å²) in [6.07, 6.45) is 0. The van der Waals surface area contributed by atoms with Gasteiger partial charge in [-0.3, -0.25) is 4.79 Å². The molecule has 6 heteroatoms. The van der Waals surface area contributed by atoms with Gasteiger partial charge in [0.2, 0.25) is 0 Å². The standard InChI is InChI=1S/C13H21N3OS2/c1-4-15-12(17)11-9(14)7-10(19-11)16-5-6-18-13(2,3)8-16/h7H,4-6,8,14H2,1-3H3,(H,15,17). The van der Waals surface area contributed by atoms with Crippen molar-refractivity contribution in [3.63, 3.8) is 0 Å². The monoisotopic (exact) mass is 299 g/mol. The summed E-state index contributed by atoms with van der Waals surface area (Å²) in [4.78, 5) is 14.9. The van der Waals surface area contributed by atoms with Crippen LogP contribution in [-0.2, 0) is 0 Å². The van der Waals surface area contributed by atoms with Gasteiger partial charge in [0.25, 0.3) is 5.91 Å². The van der Waals surface area contributed by atoms with E-state index >= 15 is 0 Å². The van der Waals surface area contributed by atoms with Crippen LogP contribution < -0.4 is 16.0 Å². The number of nitrogens with two attached hydrogens (primary N) is 1. The van der Waals surface area contributed by atoms with Crippen molar-refractivity contribution in [1.82, 2.24) is 5.32 Å². The van der Waals surface area contributed by atoms with E-state index in [1.807, 2.05) is 24.8 Å². The van der Waals surface area contributed by atoms with Crippen molar-refractivity contribution in [2.24, 2.45) is 0 Å². The summed E-state index contributed by atoms with van der Waals surface area (Å²) >= 11 is 3.49. The first-order chi connectivity index (χ1) is 8.93. The van der Waals surface area contributed by atoms with Crippen LogP contribution in [0.3, 0.4) is 0 Å². The van der Waals surface area contributed by atoms with Crippen LogP contribution in [0.4, 0.5) is 10.7 Å². The highest BCUT2D eigenvalue weighted by Crippen LogP contribution is 2.37. The molecular weight excluding hydrogens is 278 g/mol. The maximum Gasteiger partial charge on any atom is 0.263 e. The number of nitrogens with one attached hydrogen (secondary N) is 1. The average molecular weight is 299 g/mol. The molecule has 3 N–H and O–H groups in total. The SMILES string of the molecule is CCNC(=O)c1sc(N2CCSC(C)(C)C2)cc1N. The maximum absolute atomic E-state index is 11.9. The van der Waals surface area contributed by atoms with E-state index in [0.29, 0.717) is 17.1 Å². The number of amides is 1. The second-order valence-electron chi connectivity index (χ2n) is 5.26. The van der Waals surface area contributed by atoms with Gasteiger partial charge in [0, 0.05) is 30.1 Å². The number of carbonyl (C=O) groups excluding carboxylic acids is 1. The van der Waals surface area contributed by atoms with Crippen LogP contribution in [0, 0.1) is 0 Å². The minimum Gasteiger partial charge on any atom is -0.397 e. The summed E-state index contributed by atoms with van der Waals surface area (Å²) in [6, 6.07) is 1.93. The van der Waals surface area contributed by atoms with Gasteiger partial charge < -0.3 is 16.0 Å². The van der Waals surface area contributed by atoms with E-state index in [1.165, 1.54) is 11.3 Å². The number of hydrogen-bond acceptors (Lipinski definition) is 5. The molecule has 0 atom stereocenters. The van der Waals surface area contributed by atoms with Crippen molar-refractivity contribution in [2.75, 3.05) is 36.0 Å². The summed E-state index contributed by atoms with van der Waals surface area (Å²) in [6.45, 7) is 9.05. The van der Waals surface area contributed by atoms with Crippen molar-refractivity contribution in [3.05, 3.63) is 10.9 Å². The molecule has 1 saturated heterocycles. The van der Waals surface area contributed by atoms with Gasteiger partial charge in [-0.2, -0.15) is 11.8 Å². The smallest absolute Gasteiger partial charge is 0.263 e. The number of anilines is 2. The lowest BCUT2D eigenvalue weighted by Gasteiger charge is -2.38. The third-order valence-electron chi connectivity index (χ3n) is 3.03. The van der Waals surface area contributed by atoms with E-state index < -0.39 is 0 Å². The Morgan fingerprint density at radius 2 is 2.32 bits per heavy atom. The van der Waals surface area contributed by atoms with E-state index in [1.54, 1.807) is 0 Å². The fourth-order valence-electron chi connectivity index (χ4n) is 2.17. The molecule has 1 aliphatic rings. The minimum absolute atomic E-state index is 0.0677. The molecule has 0 unspecified atom stereocenters. The van der Waals surface area contributed by atoms with Gasteiger partial charge >= 0.3 is 0 Å². The largest absolute Gasteiger partial charge is 0.397 e. The molecule has 0 radical (unpaired) electrons. The normalized spacial score (nSPS) is 18.4. The molecule has 0 aromatic carbocycles. The summed E-state index contributed by atoms with van der Waals surface area (Å²) < 4.78 is 0.253. The summed E-state index contributed by atoms with van der Waals surface area (Å²) in [7, 11) is 0. The first-order valence-corrected chi connectivity index (χ1v) is 8.29. The first kappa shape index (κ1) is 14.5. The lowest BCUT2D eigenvalue weighted by atomic mass is 10.2. The molecule has 4 nitrogen and oxygen atoms in total. The molecule has 1 aliphatic heterocycles. The molecule has 0 bridgehead atoms. The van der Waals surface area contributed by atoms with Gasteiger partial charge in [-0.05, 0) is 26.8 Å². The van der Waals surface area contributed by atoms with Crippen molar-refractivity contribution in [1.29, 1.82) is 0 Å². The van der Waals surface area contributed by atoms with Crippen LogP contribution in [0.2, 0.25) is 0 Å².